The molecule has 0 radical (unpaired) electrons. The fraction of sp³-hybridized carbons (Fsp3) is 0.400. The lowest BCUT2D eigenvalue weighted by Crippen LogP contribution is -2.42. The van der Waals surface area contributed by atoms with Gasteiger partial charge in [-0.25, -0.2) is 14.8 Å². The number of hydrogen-bond donors (Lipinski definition) is 1. The summed E-state index contributed by atoms with van der Waals surface area (Å²) < 4.78 is 5.67. The van der Waals surface area contributed by atoms with E-state index in [1.54, 1.807) is 0 Å². The van der Waals surface area contributed by atoms with Gasteiger partial charge in [0, 0.05) is 18.5 Å². The summed E-state index contributed by atoms with van der Waals surface area (Å²) in [6.45, 7) is 4.13. The number of ether oxygens (including phenoxy) is 1. The third-order valence-electron chi connectivity index (χ3n) is 3.67. The first-order valence-electron chi connectivity index (χ1n) is 7.05. The van der Waals surface area contributed by atoms with E-state index in [0.29, 0.717) is 24.5 Å². The van der Waals surface area contributed by atoms with E-state index < -0.39 is 5.97 Å². The number of nitrogens with zero attached hydrogens (tertiary/aromatic N) is 3. The molecule has 0 saturated carbocycles. The van der Waals surface area contributed by atoms with Gasteiger partial charge in [0.15, 0.2) is 0 Å². The van der Waals surface area contributed by atoms with Crippen molar-refractivity contribution in [3.8, 4) is 0 Å². The van der Waals surface area contributed by atoms with Crippen molar-refractivity contribution in [2.45, 2.75) is 19.4 Å². The minimum absolute atomic E-state index is 0.153. The Bertz CT molecular complexity index is 674. The molecule has 3 rings (SSSR count). The van der Waals surface area contributed by atoms with Crippen LogP contribution in [0.2, 0.25) is 0 Å². The molecule has 1 unspecified atom stereocenters. The molecule has 21 heavy (non-hydrogen) atoms. The van der Waals surface area contributed by atoms with E-state index in [0.717, 1.165) is 18.4 Å². The van der Waals surface area contributed by atoms with E-state index in [9.17, 15) is 9.90 Å². The monoisotopic (exact) mass is 287 g/mol. The molecule has 1 saturated heterocycles. The van der Waals surface area contributed by atoms with Gasteiger partial charge in [-0.2, -0.15) is 0 Å². The standard InChI is InChI=1S/C15H17N3O3/c1-2-10-9-18(7-8-21-10)14-11-5-3-4-6-12(11)16-13(17-14)15(19)20/h3-6,10H,2,7-9H2,1H3,(H,19,20). The summed E-state index contributed by atoms with van der Waals surface area (Å²) in [5, 5.41) is 10.1. The van der Waals surface area contributed by atoms with Gasteiger partial charge in [0.05, 0.1) is 18.2 Å². The fourth-order valence-corrected chi connectivity index (χ4v) is 2.56. The van der Waals surface area contributed by atoms with Gasteiger partial charge in [0.2, 0.25) is 5.82 Å². The summed E-state index contributed by atoms with van der Waals surface area (Å²) in [6.07, 6.45) is 1.08. The number of para-hydroxylation sites is 1. The number of carboxylic acids is 1. The lowest BCUT2D eigenvalue weighted by molar-refractivity contribution is 0.0382. The Kier molecular flexibility index (Phi) is 3.70. The smallest absolute Gasteiger partial charge is 0.374 e. The van der Waals surface area contributed by atoms with Crippen LogP contribution in [0.25, 0.3) is 10.9 Å². The molecule has 1 aliphatic heterocycles. The van der Waals surface area contributed by atoms with Gasteiger partial charge >= 0.3 is 5.97 Å². The highest BCUT2D eigenvalue weighted by Gasteiger charge is 2.23. The summed E-state index contributed by atoms with van der Waals surface area (Å²) >= 11 is 0. The Hall–Kier alpha value is -2.21. The van der Waals surface area contributed by atoms with Gasteiger partial charge in [0.25, 0.3) is 0 Å². The molecule has 2 heterocycles. The van der Waals surface area contributed by atoms with Crippen LogP contribution >= 0.6 is 0 Å². The van der Waals surface area contributed by atoms with E-state index in [1.807, 2.05) is 24.3 Å². The summed E-state index contributed by atoms with van der Waals surface area (Å²) in [5.41, 5.74) is 0.652. The number of aromatic nitrogens is 2. The molecule has 1 aromatic carbocycles. The first-order chi connectivity index (χ1) is 10.2. The van der Waals surface area contributed by atoms with Crippen LogP contribution in [0.1, 0.15) is 24.0 Å². The second kappa shape index (κ2) is 5.65. The van der Waals surface area contributed by atoms with Crippen molar-refractivity contribution in [2.24, 2.45) is 0 Å². The predicted molar refractivity (Wildman–Crippen MR) is 78.7 cm³/mol. The molecule has 1 aliphatic rings. The molecule has 0 amide bonds. The Morgan fingerprint density at radius 1 is 1.43 bits per heavy atom. The second-order valence-electron chi connectivity index (χ2n) is 5.04. The van der Waals surface area contributed by atoms with Crippen LogP contribution in [0.15, 0.2) is 24.3 Å². The average molecular weight is 287 g/mol. The van der Waals surface area contributed by atoms with Crippen molar-refractivity contribution < 1.29 is 14.6 Å². The zero-order chi connectivity index (χ0) is 14.8. The Morgan fingerprint density at radius 2 is 2.24 bits per heavy atom. The van der Waals surface area contributed by atoms with Crippen LogP contribution in [0, 0.1) is 0 Å². The van der Waals surface area contributed by atoms with Crippen molar-refractivity contribution in [1.29, 1.82) is 0 Å². The Labute approximate surface area is 122 Å². The number of rotatable bonds is 3. The van der Waals surface area contributed by atoms with E-state index in [2.05, 4.69) is 21.8 Å². The summed E-state index contributed by atoms with van der Waals surface area (Å²) in [5.74, 6) is -0.592. The second-order valence-corrected chi connectivity index (χ2v) is 5.04. The minimum atomic E-state index is -1.11. The molecule has 1 atom stereocenters. The maximum Gasteiger partial charge on any atom is 0.374 e. The van der Waals surface area contributed by atoms with Gasteiger partial charge in [-0.3, -0.25) is 0 Å². The van der Waals surface area contributed by atoms with Crippen molar-refractivity contribution in [3.05, 3.63) is 30.1 Å². The molecule has 1 fully saturated rings. The van der Waals surface area contributed by atoms with Gasteiger partial charge in [-0.05, 0) is 18.6 Å². The quantitative estimate of drug-likeness (QED) is 0.929. The van der Waals surface area contributed by atoms with Crippen LogP contribution in [-0.2, 0) is 4.74 Å². The van der Waals surface area contributed by atoms with E-state index in [-0.39, 0.29) is 11.9 Å². The highest BCUT2D eigenvalue weighted by Crippen LogP contribution is 2.25. The summed E-state index contributed by atoms with van der Waals surface area (Å²) in [4.78, 5) is 21.7. The molecule has 1 aromatic heterocycles. The molecule has 0 aliphatic carbocycles. The number of morpholine rings is 1. The number of carboxylic acid groups (broad SMARTS) is 1. The maximum atomic E-state index is 11.2. The maximum absolute atomic E-state index is 11.2. The average Bonchev–Trinajstić information content (AvgIpc) is 2.53. The summed E-state index contributed by atoms with van der Waals surface area (Å²) in [7, 11) is 0. The highest BCUT2D eigenvalue weighted by molar-refractivity contribution is 5.93. The molecule has 1 N–H and O–H groups in total. The van der Waals surface area contributed by atoms with E-state index >= 15 is 0 Å². The topological polar surface area (TPSA) is 75.6 Å². The van der Waals surface area contributed by atoms with Crippen LogP contribution in [-0.4, -0.2) is 46.8 Å². The van der Waals surface area contributed by atoms with Gasteiger partial charge in [-0.1, -0.05) is 19.1 Å². The number of aromatic carboxylic acids is 1. The number of anilines is 1. The van der Waals surface area contributed by atoms with Crippen LogP contribution in [0.3, 0.4) is 0 Å². The molecule has 0 spiro atoms. The lowest BCUT2D eigenvalue weighted by atomic mass is 10.2. The normalized spacial score (nSPS) is 18.9. The number of hydrogen-bond acceptors (Lipinski definition) is 5. The minimum Gasteiger partial charge on any atom is -0.475 e. The third kappa shape index (κ3) is 2.67. The van der Waals surface area contributed by atoms with Crippen molar-refractivity contribution in [2.75, 3.05) is 24.6 Å². The molecule has 6 heteroatoms. The van der Waals surface area contributed by atoms with Gasteiger partial charge in [0.1, 0.15) is 5.82 Å². The van der Waals surface area contributed by atoms with Crippen molar-refractivity contribution in [1.82, 2.24) is 9.97 Å². The Morgan fingerprint density at radius 3 is 3.00 bits per heavy atom. The van der Waals surface area contributed by atoms with E-state index in [1.165, 1.54) is 0 Å². The first-order valence-corrected chi connectivity index (χ1v) is 7.05. The van der Waals surface area contributed by atoms with Crippen LogP contribution < -0.4 is 4.90 Å². The van der Waals surface area contributed by atoms with Gasteiger partial charge < -0.3 is 14.7 Å². The molecule has 6 nitrogen and oxygen atoms in total. The third-order valence-corrected chi connectivity index (χ3v) is 3.67. The highest BCUT2D eigenvalue weighted by atomic mass is 16.5. The van der Waals surface area contributed by atoms with Crippen LogP contribution in [0.5, 0.6) is 0 Å². The lowest BCUT2D eigenvalue weighted by Gasteiger charge is -2.33. The molecule has 2 aromatic rings. The van der Waals surface area contributed by atoms with Gasteiger partial charge in [-0.15, -0.1) is 0 Å². The Balaban J connectivity index is 2.09. The first kappa shape index (κ1) is 13.8. The largest absolute Gasteiger partial charge is 0.475 e. The zero-order valence-electron chi connectivity index (χ0n) is 11.8. The number of benzene rings is 1. The molecule has 0 bridgehead atoms. The fourth-order valence-electron chi connectivity index (χ4n) is 2.56. The van der Waals surface area contributed by atoms with E-state index in [4.69, 9.17) is 4.74 Å². The molecule has 110 valence electrons. The number of fused-ring (bicyclic) bond motifs is 1. The van der Waals surface area contributed by atoms with Crippen molar-refractivity contribution >= 4 is 22.7 Å². The summed E-state index contributed by atoms with van der Waals surface area (Å²) in [6, 6.07) is 7.49. The zero-order valence-corrected chi connectivity index (χ0v) is 11.8. The number of carbonyl (C=O) groups is 1. The molecular formula is C15H17N3O3. The molecular weight excluding hydrogens is 270 g/mol. The predicted octanol–water partition coefficient (Wildman–Crippen LogP) is 1.94. The SMILES string of the molecule is CCC1CN(c2nc(C(=O)O)nc3ccccc23)CCO1. The van der Waals surface area contributed by atoms with Crippen LogP contribution in [0.4, 0.5) is 5.82 Å². The van der Waals surface area contributed by atoms with Crippen molar-refractivity contribution in [3.63, 3.8) is 0 Å².